The summed E-state index contributed by atoms with van der Waals surface area (Å²) in [6.45, 7) is 1.80. The quantitative estimate of drug-likeness (QED) is 0.808. The number of rotatable bonds is 2. The molecule has 2 rings (SSSR count). The second-order valence-corrected chi connectivity index (χ2v) is 3.31. The van der Waals surface area contributed by atoms with Crippen LogP contribution in [-0.2, 0) is 0 Å². The van der Waals surface area contributed by atoms with Gasteiger partial charge in [-0.1, -0.05) is 12.1 Å². The van der Waals surface area contributed by atoms with E-state index in [0.29, 0.717) is 11.3 Å². The van der Waals surface area contributed by atoms with Gasteiger partial charge in [0, 0.05) is 6.04 Å². The van der Waals surface area contributed by atoms with Crippen molar-refractivity contribution in [2.45, 2.75) is 13.0 Å². The summed E-state index contributed by atoms with van der Waals surface area (Å²) in [5.74, 6) is -0.352. The van der Waals surface area contributed by atoms with E-state index in [-0.39, 0.29) is 11.9 Å². The maximum atomic E-state index is 13.6. The molecular formula is C10H11FN4. The lowest BCUT2D eigenvalue weighted by atomic mass is 10.1. The van der Waals surface area contributed by atoms with E-state index in [0.717, 1.165) is 0 Å². The van der Waals surface area contributed by atoms with Gasteiger partial charge in [0.05, 0.1) is 0 Å². The lowest BCUT2D eigenvalue weighted by molar-refractivity contribution is 0.602. The average molecular weight is 206 g/mol. The predicted octanol–water partition coefficient (Wildman–Crippen LogP) is 1.43. The summed E-state index contributed by atoms with van der Waals surface area (Å²) < 4.78 is 15.0. The van der Waals surface area contributed by atoms with Gasteiger partial charge in [-0.25, -0.2) is 14.1 Å². The van der Waals surface area contributed by atoms with Crippen LogP contribution in [0.25, 0.3) is 5.69 Å². The molecule has 15 heavy (non-hydrogen) atoms. The Balaban J connectivity index is 2.63. The summed E-state index contributed by atoms with van der Waals surface area (Å²) in [4.78, 5) is 3.78. The molecule has 2 aromatic rings. The molecule has 5 heteroatoms. The van der Waals surface area contributed by atoms with E-state index in [4.69, 9.17) is 5.73 Å². The molecule has 0 fully saturated rings. The van der Waals surface area contributed by atoms with Gasteiger partial charge < -0.3 is 5.73 Å². The normalized spacial score (nSPS) is 12.7. The molecule has 1 atom stereocenters. The topological polar surface area (TPSA) is 56.7 Å². The Morgan fingerprint density at radius 1 is 1.47 bits per heavy atom. The molecule has 0 unspecified atom stereocenters. The van der Waals surface area contributed by atoms with Crippen molar-refractivity contribution in [3.63, 3.8) is 0 Å². The molecular weight excluding hydrogens is 195 g/mol. The maximum absolute atomic E-state index is 13.6. The summed E-state index contributed by atoms with van der Waals surface area (Å²) >= 11 is 0. The van der Waals surface area contributed by atoms with E-state index in [9.17, 15) is 4.39 Å². The van der Waals surface area contributed by atoms with Gasteiger partial charge in [0.25, 0.3) is 0 Å². The van der Waals surface area contributed by atoms with E-state index < -0.39 is 0 Å². The van der Waals surface area contributed by atoms with E-state index in [2.05, 4.69) is 10.1 Å². The SMILES string of the molecule is C[C@H](N)c1cccc(F)c1-n1cncn1. The Labute approximate surface area is 86.6 Å². The third-order valence-corrected chi connectivity index (χ3v) is 2.16. The molecule has 0 aliphatic heterocycles. The molecule has 4 nitrogen and oxygen atoms in total. The molecule has 2 N–H and O–H groups in total. The first-order chi connectivity index (χ1) is 7.20. The van der Waals surface area contributed by atoms with Crippen LogP contribution in [0.15, 0.2) is 30.9 Å². The van der Waals surface area contributed by atoms with E-state index >= 15 is 0 Å². The molecule has 0 aliphatic rings. The number of hydrogen-bond donors (Lipinski definition) is 1. The third-order valence-electron chi connectivity index (χ3n) is 2.16. The van der Waals surface area contributed by atoms with Gasteiger partial charge in [0.2, 0.25) is 0 Å². The highest BCUT2D eigenvalue weighted by Gasteiger charge is 2.13. The predicted molar refractivity (Wildman–Crippen MR) is 53.9 cm³/mol. The zero-order chi connectivity index (χ0) is 10.8. The summed E-state index contributed by atoms with van der Waals surface area (Å²) in [7, 11) is 0. The van der Waals surface area contributed by atoms with Crippen LogP contribution < -0.4 is 5.73 Å². The van der Waals surface area contributed by atoms with Gasteiger partial charge in [-0.05, 0) is 18.6 Å². The molecule has 0 saturated carbocycles. The number of benzene rings is 1. The zero-order valence-electron chi connectivity index (χ0n) is 8.26. The smallest absolute Gasteiger partial charge is 0.149 e. The van der Waals surface area contributed by atoms with Gasteiger partial charge in [0.1, 0.15) is 24.2 Å². The van der Waals surface area contributed by atoms with Crippen molar-refractivity contribution in [2.75, 3.05) is 0 Å². The minimum absolute atomic E-state index is 0.250. The highest BCUT2D eigenvalue weighted by molar-refractivity contribution is 5.42. The largest absolute Gasteiger partial charge is 0.324 e. The van der Waals surface area contributed by atoms with Crippen molar-refractivity contribution >= 4 is 0 Å². The Morgan fingerprint density at radius 2 is 2.27 bits per heavy atom. The standard InChI is InChI=1S/C10H11FN4/c1-7(12)8-3-2-4-9(11)10(8)15-6-13-5-14-15/h2-7H,12H2,1H3/t7-/m0/s1. The fraction of sp³-hybridized carbons (Fsp3) is 0.200. The van der Waals surface area contributed by atoms with Crippen LogP contribution in [-0.4, -0.2) is 14.8 Å². The fourth-order valence-electron chi connectivity index (χ4n) is 1.46. The van der Waals surface area contributed by atoms with Gasteiger partial charge in [-0.15, -0.1) is 0 Å². The van der Waals surface area contributed by atoms with Crippen molar-refractivity contribution in [3.8, 4) is 5.69 Å². The summed E-state index contributed by atoms with van der Waals surface area (Å²) in [6, 6.07) is 4.54. The van der Waals surface area contributed by atoms with Crippen LogP contribution in [0, 0.1) is 5.82 Å². The van der Waals surface area contributed by atoms with Crippen LogP contribution in [0.4, 0.5) is 4.39 Å². The molecule has 0 bridgehead atoms. The number of nitrogens with two attached hydrogens (primary N) is 1. The monoisotopic (exact) mass is 206 g/mol. The highest BCUT2D eigenvalue weighted by Crippen LogP contribution is 2.21. The summed E-state index contributed by atoms with van der Waals surface area (Å²) in [5.41, 5.74) is 6.84. The summed E-state index contributed by atoms with van der Waals surface area (Å²) in [5, 5.41) is 3.90. The second-order valence-electron chi connectivity index (χ2n) is 3.31. The van der Waals surface area contributed by atoms with Crippen molar-refractivity contribution < 1.29 is 4.39 Å². The van der Waals surface area contributed by atoms with Crippen LogP contribution >= 0.6 is 0 Å². The molecule has 0 saturated heterocycles. The molecule has 1 heterocycles. The number of para-hydroxylation sites is 1. The van der Waals surface area contributed by atoms with Crippen LogP contribution in [0.1, 0.15) is 18.5 Å². The van der Waals surface area contributed by atoms with Crippen molar-refractivity contribution in [2.24, 2.45) is 5.73 Å². The van der Waals surface area contributed by atoms with E-state index in [1.807, 2.05) is 0 Å². The Bertz CT molecular complexity index is 450. The van der Waals surface area contributed by atoms with Gasteiger partial charge in [0.15, 0.2) is 0 Å². The average Bonchev–Trinajstić information content (AvgIpc) is 2.70. The number of nitrogens with zero attached hydrogens (tertiary/aromatic N) is 3. The molecule has 78 valence electrons. The van der Waals surface area contributed by atoms with Crippen LogP contribution in [0.5, 0.6) is 0 Å². The molecule has 0 amide bonds. The molecule has 0 radical (unpaired) electrons. The third kappa shape index (κ3) is 1.73. The minimum atomic E-state index is -0.352. The first-order valence-corrected chi connectivity index (χ1v) is 4.59. The van der Waals surface area contributed by atoms with Gasteiger partial charge in [-0.2, -0.15) is 5.10 Å². The Kier molecular flexibility index (Phi) is 2.47. The Hall–Kier alpha value is -1.75. The molecule has 0 aliphatic carbocycles. The maximum Gasteiger partial charge on any atom is 0.149 e. The lowest BCUT2D eigenvalue weighted by Crippen LogP contribution is -2.11. The fourth-order valence-corrected chi connectivity index (χ4v) is 1.46. The molecule has 1 aromatic carbocycles. The lowest BCUT2D eigenvalue weighted by Gasteiger charge is -2.12. The second kappa shape index (κ2) is 3.78. The highest BCUT2D eigenvalue weighted by atomic mass is 19.1. The molecule has 1 aromatic heterocycles. The van der Waals surface area contributed by atoms with Crippen molar-refractivity contribution in [3.05, 3.63) is 42.2 Å². The van der Waals surface area contributed by atoms with Crippen LogP contribution in [0.2, 0.25) is 0 Å². The van der Waals surface area contributed by atoms with Crippen molar-refractivity contribution in [1.82, 2.24) is 14.8 Å². The Morgan fingerprint density at radius 3 is 2.87 bits per heavy atom. The molecule has 0 spiro atoms. The number of halogens is 1. The zero-order valence-corrected chi connectivity index (χ0v) is 8.26. The van der Waals surface area contributed by atoms with Crippen LogP contribution in [0.3, 0.4) is 0 Å². The van der Waals surface area contributed by atoms with E-state index in [1.165, 1.54) is 23.4 Å². The van der Waals surface area contributed by atoms with E-state index in [1.54, 1.807) is 19.1 Å². The van der Waals surface area contributed by atoms with Crippen molar-refractivity contribution in [1.29, 1.82) is 0 Å². The first kappa shape index (κ1) is 9.79. The number of hydrogen-bond acceptors (Lipinski definition) is 3. The minimum Gasteiger partial charge on any atom is -0.324 e. The number of aromatic nitrogens is 3. The first-order valence-electron chi connectivity index (χ1n) is 4.59. The summed E-state index contributed by atoms with van der Waals surface area (Å²) in [6.07, 6.45) is 2.81. The van der Waals surface area contributed by atoms with Gasteiger partial charge in [-0.3, -0.25) is 0 Å². The van der Waals surface area contributed by atoms with Gasteiger partial charge >= 0.3 is 0 Å².